The van der Waals surface area contributed by atoms with E-state index in [-0.39, 0.29) is 11.9 Å². The van der Waals surface area contributed by atoms with Crippen molar-refractivity contribution >= 4 is 5.91 Å². The molecule has 4 heteroatoms. The third kappa shape index (κ3) is 3.85. The van der Waals surface area contributed by atoms with Gasteiger partial charge in [-0.2, -0.15) is 0 Å². The van der Waals surface area contributed by atoms with Gasteiger partial charge in [0.05, 0.1) is 5.56 Å². The van der Waals surface area contributed by atoms with Crippen molar-refractivity contribution in [1.82, 2.24) is 4.90 Å². The van der Waals surface area contributed by atoms with Crippen molar-refractivity contribution in [2.45, 2.75) is 32.9 Å². The van der Waals surface area contributed by atoms with Crippen LogP contribution in [0.25, 0.3) is 0 Å². The minimum absolute atomic E-state index is 0.0313. The number of ether oxygens (including phenoxy) is 1. The predicted octanol–water partition coefficient (Wildman–Crippen LogP) is 3.38. The third-order valence-electron chi connectivity index (χ3n) is 5.02. The van der Waals surface area contributed by atoms with E-state index in [0.717, 1.165) is 18.5 Å². The minimum Gasteiger partial charge on any atom is -0.488 e. The van der Waals surface area contributed by atoms with Crippen LogP contribution in [0.1, 0.15) is 34.8 Å². The van der Waals surface area contributed by atoms with Gasteiger partial charge in [-0.3, -0.25) is 4.79 Å². The van der Waals surface area contributed by atoms with Crippen LogP contribution in [0.15, 0.2) is 48.5 Å². The first-order valence-corrected chi connectivity index (χ1v) is 8.87. The zero-order valence-corrected chi connectivity index (χ0v) is 14.9. The van der Waals surface area contributed by atoms with Crippen LogP contribution in [0, 0.1) is 12.8 Å². The molecule has 1 aliphatic heterocycles. The number of nitrogens with two attached hydrogens (primary N) is 1. The van der Waals surface area contributed by atoms with Crippen LogP contribution >= 0.6 is 0 Å². The van der Waals surface area contributed by atoms with Crippen LogP contribution in [0.2, 0.25) is 0 Å². The molecule has 3 rings (SSSR count). The molecule has 2 aromatic rings. The molecule has 0 aromatic heterocycles. The highest BCUT2D eigenvalue weighted by Crippen LogP contribution is 2.28. The number of amides is 1. The minimum atomic E-state index is 0.0313. The number of rotatable bonds is 5. The summed E-state index contributed by atoms with van der Waals surface area (Å²) in [6.07, 6.45) is 0.967. The first kappa shape index (κ1) is 17.5. The molecule has 1 heterocycles. The molecule has 2 unspecified atom stereocenters. The Labute approximate surface area is 149 Å². The van der Waals surface area contributed by atoms with Crippen LogP contribution in [-0.2, 0) is 6.61 Å². The molecule has 0 spiro atoms. The molecule has 4 nitrogen and oxygen atoms in total. The zero-order valence-electron chi connectivity index (χ0n) is 14.9. The van der Waals surface area contributed by atoms with E-state index in [0.29, 0.717) is 30.4 Å². The largest absolute Gasteiger partial charge is 0.488 e. The van der Waals surface area contributed by atoms with Crippen LogP contribution in [0.5, 0.6) is 5.75 Å². The lowest BCUT2D eigenvalue weighted by molar-refractivity contribution is 0.0738. The first-order valence-electron chi connectivity index (χ1n) is 8.87. The second-order valence-corrected chi connectivity index (χ2v) is 6.86. The lowest BCUT2D eigenvalue weighted by Gasteiger charge is -2.23. The van der Waals surface area contributed by atoms with Gasteiger partial charge in [-0.25, -0.2) is 0 Å². The van der Waals surface area contributed by atoms with Gasteiger partial charge in [0, 0.05) is 12.6 Å². The monoisotopic (exact) mass is 338 g/mol. The Kier molecular flexibility index (Phi) is 5.39. The lowest BCUT2D eigenvalue weighted by Crippen LogP contribution is -2.34. The second-order valence-electron chi connectivity index (χ2n) is 6.86. The zero-order chi connectivity index (χ0) is 17.8. The fourth-order valence-electron chi connectivity index (χ4n) is 3.45. The lowest BCUT2D eigenvalue weighted by atomic mass is 10.1. The molecule has 1 fully saturated rings. The number of carbonyl (C=O) groups excluding carboxylic acids is 1. The van der Waals surface area contributed by atoms with Gasteiger partial charge in [0.25, 0.3) is 5.91 Å². The highest BCUT2D eigenvalue weighted by Gasteiger charge is 2.33. The molecule has 0 saturated carbocycles. The number of para-hydroxylation sites is 1. The van der Waals surface area contributed by atoms with Gasteiger partial charge in [-0.15, -0.1) is 0 Å². The molecule has 132 valence electrons. The summed E-state index contributed by atoms with van der Waals surface area (Å²) in [5.41, 5.74) is 8.73. The van der Waals surface area contributed by atoms with E-state index in [9.17, 15) is 4.79 Å². The van der Waals surface area contributed by atoms with E-state index in [2.05, 4.69) is 19.9 Å². The van der Waals surface area contributed by atoms with E-state index < -0.39 is 0 Å². The molecule has 1 aliphatic rings. The number of likely N-dealkylation sites (tertiary alicyclic amines) is 1. The maximum atomic E-state index is 13.0. The summed E-state index contributed by atoms with van der Waals surface area (Å²) in [6, 6.07) is 15.8. The van der Waals surface area contributed by atoms with Gasteiger partial charge in [-0.05, 0) is 56.0 Å². The Hall–Kier alpha value is -2.33. The Balaban J connectivity index is 1.77. The summed E-state index contributed by atoms with van der Waals surface area (Å²) in [7, 11) is 0. The second kappa shape index (κ2) is 7.70. The maximum absolute atomic E-state index is 13.0. The molecule has 2 N–H and O–H groups in total. The van der Waals surface area contributed by atoms with Gasteiger partial charge in [0.1, 0.15) is 12.4 Å². The van der Waals surface area contributed by atoms with Gasteiger partial charge >= 0.3 is 0 Å². The number of hydrogen-bond acceptors (Lipinski definition) is 3. The van der Waals surface area contributed by atoms with Gasteiger partial charge in [0.15, 0.2) is 0 Å². The number of carbonyl (C=O) groups is 1. The Morgan fingerprint density at radius 3 is 2.64 bits per heavy atom. The molecule has 2 aromatic carbocycles. The summed E-state index contributed by atoms with van der Waals surface area (Å²) >= 11 is 0. The summed E-state index contributed by atoms with van der Waals surface area (Å²) in [4.78, 5) is 14.9. The molecular formula is C21H26N2O2. The maximum Gasteiger partial charge on any atom is 0.257 e. The van der Waals surface area contributed by atoms with Crippen molar-refractivity contribution in [1.29, 1.82) is 0 Å². The standard InChI is InChI=1S/C21H26N2O2/c1-15-7-3-4-8-18(15)14-25-20-10-6-5-9-19(20)21(24)23-13-17(12-22)11-16(23)2/h3-10,16-17H,11-14,22H2,1-2H3. The van der Waals surface area contributed by atoms with Crippen molar-refractivity contribution in [3.05, 3.63) is 65.2 Å². The molecule has 0 bridgehead atoms. The third-order valence-corrected chi connectivity index (χ3v) is 5.02. The Morgan fingerprint density at radius 1 is 1.20 bits per heavy atom. The van der Waals surface area contributed by atoms with E-state index in [1.807, 2.05) is 47.4 Å². The SMILES string of the molecule is Cc1ccccc1COc1ccccc1C(=O)N1CC(CN)CC1C. The molecule has 2 atom stereocenters. The Bertz CT molecular complexity index is 744. The van der Waals surface area contributed by atoms with Crippen molar-refractivity contribution in [3.8, 4) is 5.75 Å². The van der Waals surface area contributed by atoms with Crippen LogP contribution in [0.4, 0.5) is 0 Å². The molecule has 25 heavy (non-hydrogen) atoms. The normalized spacial score (nSPS) is 19.9. The van der Waals surface area contributed by atoms with E-state index in [1.165, 1.54) is 5.56 Å². The van der Waals surface area contributed by atoms with Gasteiger partial charge in [0.2, 0.25) is 0 Å². The number of nitrogens with zero attached hydrogens (tertiary/aromatic N) is 1. The van der Waals surface area contributed by atoms with E-state index in [1.54, 1.807) is 0 Å². The van der Waals surface area contributed by atoms with Crippen molar-refractivity contribution in [2.75, 3.05) is 13.1 Å². The number of hydrogen-bond donors (Lipinski definition) is 1. The fourth-order valence-corrected chi connectivity index (χ4v) is 3.45. The van der Waals surface area contributed by atoms with Crippen LogP contribution in [0.3, 0.4) is 0 Å². The smallest absolute Gasteiger partial charge is 0.257 e. The van der Waals surface area contributed by atoms with Crippen LogP contribution in [-0.4, -0.2) is 29.9 Å². The molecule has 1 amide bonds. The van der Waals surface area contributed by atoms with Crippen LogP contribution < -0.4 is 10.5 Å². The van der Waals surface area contributed by atoms with E-state index in [4.69, 9.17) is 10.5 Å². The van der Waals surface area contributed by atoms with Gasteiger partial charge in [-0.1, -0.05) is 36.4 Å². The van der Waals surface area contributed by atoms with Gasteiger partial charge < -0.3 is 15.4 Å². The predicted molar refractivity (Wildman–Crippen MR) is 99.6 cm³/mol. The summed E-state index contributed by atoms with van der Waals surface area (Å²) in [5, 5.41) is 0. The highest BCUT2D eigenvalue weighted by molar-refractivity contribution is 5.97. The molecule has 0 aliphatic carbocycles. The number of aryl methyl sites for hydroxylation is 1. The Morgan fingerprint density at radius 2 is 1.92 bits per heavy atom. The fraction of sp³-hybridized carbons (Fsp3) is 0.381. The first-order chi connectivity index (χ1) is 12.1. The van der Waals surface area contributed by atoms with Crippen molar-refractivity contribution < 1.29 is 9.53 Å². The molecule has 1 saturated heterocycles. The average Bonchev–Trinajstić information content (AvgIpc) is 3.01. The quantitative estimate of drug-likeness (QED) is 0.909. The highest BCUT2D eigenvalue weighted by atomic mass is 16.5. The van der Waals surface area contributed by atoms with Crippen molar-refractivity contribution in [2.24, 2.45) is 11.7 Å². The number of benzene rings is 2. The molecule has 0 radical (unpaired) electrons. The average molecular weight is 338 g/mol. The summed E-state index contributed by atoms with van der Waals surface area (Å²) < 4.78 is 6.00. The van der Waals surface area contributed by atoms with Crippen molar-refractivity contribution in [3.63, 3.8) is 0 Å². The van der Waals surface area contributed by atoms with E-state index >= 15 is 0 Å². The topological polar surface area (TPSA) is 55.6 Å². The molecular weight excluding hydrogens is 312 g/mol. The summed E-state index contributed by atoms with van der Waals surface area (Å²) in [5.74, 6) is 1.06. The summed E-state index contributed by atoms with van der Waals surface area (Å²) in [6.45, 7) is 5.96.